The lowest BCUT2D eigenvalue weighted by Crippen LogP contribution is -2.38. The smallest absolute Gasteiger partial charge is 0.211 e. The Kier molecular flexibility index (Phi) is 8.90. The van der Waals surface area contributed by atoms with Crippen molar-refractivity contribution in [3.05, 3.63) is 18.2 Å². The molecule has 1 heterocycles. The van der Waals surface area contributed by atoms with E-state index in [4.69, 9.17) is 15.2 Å². The van der Waals surface area contributed by atoms with Gasteiger partial charge in [0.05, 0.1) is 20.5 Å². The number of anilines is 1. The van der Waals surface area contributed by atoms with Crippen LogP contribution in [0, 0.1) is 5.92 Å². The molecule has 148 valence electrons. The Hall–Kier alpha value is -1.27. The summed E-state index contributed by atoms with van der Waals surface area (Å²) in [5, 5.41) is 3.03. The molecule has 1 aliphatic rings. The molecule has 1 fully saturated rings. The maximum atomic E-state index is 11.5. The van der Waals surface area contributed by atoms with E-state index in [9.17, 15) is 8.42 Å². The van der Waals surface area contributed by atoms with Gasteiger partial charge >= 0.3 is 0 Å². The first-order valence-electron chi connectivity index (χ1n) is 8.07. The first-order chi connectivity index (χ1) is 11.8. The van der Waals surface area contributed by atoms with Gasteiger partial charge in [0.25, 0.3) is 0 Å². The van der Waals surface area contributed by atoms with Crippen molar-refractivity contribution in [3.63, 3.8) is 0 Å². The lowest BCUT2D eigenvalue weighted by atomic mass is 9.98. The fourth-order valence-corrected chi connectivity index (χ4v) is 3.63. The molecule has 0 radical (unpaired) electrons. The fraction of sp³-hybridized carbons (Fsp3) is 0.562. The maximum Gasteiger partial charge on any atom is 0.211 e. The minimum atomic E-state index is -3.10. The maximum absolute atomic E-state index is 11.5. The molecule has 3 N–H and O–H groups in total. The summed E-state index contributed by atoms with van der Waals surface area (Å²) in [6.45, 7) is 1.66. The highest BCUT2D eigenvalue weighted by Crippen LogP contribution is 2.29. The zero-order chi connectivity index (χ0) is 18.4. The van der Waals surface area contributed by atoms with E-state index >= 15 is 0 Å². The van der Waals surface area contributed by atoms with Crippen LogP contribution in [-0.2, 0) is 10.0 Å². The molecular weight excluding hydrogens is 471 g/mol. The van der Waals surface area contributed by atoms with Crippen molar-refractivity contribution in [1.29, 1.82) is 0 Å². The van der Waals surface area contributed by atoms with Gasteiger partial charge in [-0.2, -0.15) is 0 Å². The number of nitrogens with zero attached hydrogens (tertiary/aromatic N) is 2. The summed E-state index contributed by atoms with van der Waals surface area (Å²) < 4.78 is 35.0. The van der Waals surface area contributed by atoms with E-state index in [0.717, 1.165) is 18.5 Å². The lowest BCUT2D eigenvalue weighted by Gasteiger charge is -2.29. The van der Waals surface area contributed by atoms with Gasteiger partial charge in [0.1, 0.15) is 0 Å². The molecule has 1 aromatic carbocycles. The van der Waals surface area contributed by atoms with Crippen LogP contribution < -0.4 is 20.5 Å². The first-order valence-corrected chi connectivity index (χ1v) is 9.92. The Bertz CT molecular complexity index is 719. The molecule has 0 unspecified atom stereocenters. The van der Waals surface area contributed by atoms with E-state index in [2.05, 4.69) is 10.3 Å². The predicted molar refractivity (Wildman–Crippen MR) is 114 cm³/mol. The second-order valence-electron chi connectivity index (χ2n) is 6.03. The standard InChI is InChI=1S/C16H26N4O4S.HI/c1-23-14-5-4-13(10-15(14)24-2)19-16(17)18-11-12-6-8-20(9-7-12)25(3,21)22;/h4-5,10,12H,6-9,11H2,1-3H3,(H3,17,18,19);1H. The predicted octanol–water partition coefficient (Wildman–Crippen LogP) is 1.72. The molecule has 10 heteroatoms. The molecule has 0 saturated carbocycles. The number of nitrogens with two attached hydrogens (primary N) is 1. The topological polar surface area (TPSA) is 106 Å². The number of rotatable bonds is 6. The van der Waals surface area contributed by atoms with Gasteiger partial charge < -0.3 is 20.5 Å². The molecule has 1 saturated heterocycles. The summed E-state index contributed by atoms with van der Waals surface area (Å²) in [5.41, 5.74) is 6.70. The quantitative estimate of drug-likeness (QED) is 0.352. The molecule has 0 spiro atoms. The minimum absolute atomic E-state index is 0. The van der Waals surface area contributed by atoms with E-state index in [-0.39, 0.29) is 24.0 Å². The number of aliphatic imine (C=N–C) groups is 1. The van der Waals surface area contributed by atoms with E-state index in [1.54, 1.807) is 26.4 Å². The van der Waals surface area contributed by atoms with Crippen LogP contribution in [0.5, 0.6) is 11.5 Å². The number of sulfonamides is 1. The zero-order valence-corrected chi connectivity index (χ0v) is 18.4. The van der Waals surface area contributed by atoms with Crippen LogP contribution in [0.3, 0.4) is 0 Å². The third-order valence-electron chi connectivity index (χ3n) is 4.22. The van der Waals surface area contributed by atoms with Gasteiger partial charge in [-0.25, -0.2) is 12.7 Å². The van der Waals surface area contributed by atoms with Crippen molar-refractivity contribution in [2.24, 2.45) is 16.6 Å². The number of ether oxygens (including phenoxy) is 2. The van der Waals surface area contributed by atoms with E-state index in [1.807, 2.05) is 6.07 Å². The number of methoxy groups -OCH3 is 2. The van der Waals surface area contributed by atoms with Crippen LogP contribution in [0.4, 0.5) is 5.69 Å². The second-order valence-corrected chi connectivity index (χ2v) is 8.01. The number of benzene rings is 1. The summed E-state index contributed by atoms with van der Waals surface area (Å²) >= 11 is 0. The normalized spacial score (nSPS) is 16.7. The molecule has 0 aliphatic carbocycles. The molecular formula is C16H27IN4O4S. The molecule has 0 bridgehead atoms. The lowest BCUT2D eigenvalue weighted by molar-refractivity contribution is 0.280. The molecule has 2 rings (SSSR count). The van der Waals surface area contributed by atoms with E-state index in [1.165, 1.54) is 10.6 Å². The summed E-state index contributed by atoms with van der Waals surface area (Å²) in [4.78, 5) is 4.37. The Morgan fingerprint density at radius 3 is 2.42 bits per heavy atom. The van der Waals surface area contributed by atoms with Crippen molar-refractivity contribution in [2.75, 3.05) is 45.4 Å². The average molecular weight is 498 g/mol. The third-order valence-corrected chi connectivity index (χ3v) is 5.52. The molecule has 1 aromatic rings. The van der Waals surface area contributed by atoms with Crippen molar-refractivity contribution in [1.82, 2.24) is 4.31 Å². The Labute approximate surface area is 172 Å². The van der Waals surface area contributed by atoms with Gasteiger partial charge in [-0.15, -0.1) is 24.0 Å². The number of hydrogen-bond acceptors (Lipinski definition) is 5. The number of guanidine groups is 1. The SMILES string of the molecule is COc1ccc(NC(N)=NCC2CCN(S(C)(=O)=O)CC2)cc1OC.I. The van der Waals surface area contributed by atoms with Crippen molar-refractivity contribution in [2.45, 2.75) is 12.8 Å². The van der Waals surface area contributed by atoms with Gasteiger partial charge in [0, 0.05) is 31.4 Å². The largest absolute Gasteiger partial charge is 0.493 e. The van der Waals surface area contributed by atoms with Crippen LogP contribution in [0.25, 0.3) is 0 Å². The monoisotopic (exact) mass is 498 g/mol. The Morgan fingerprint density at radius 2 is 1.88 bits per heavy atom. The van der Waals surface area contributed by atoms with Crippen molar-refractivity contribution in [3.8, 4) is 11.5 Å². The third kappa shape index (κ3) is 6.47. The number of nitrogens with one attached hydrogen (secondary N) is 1. The van der Waals surface area contributed by atoms with Crippen molar-refractivity contribution < 1.29 is 17.9 Å². The zero-order valence-electron chi connectivity index (χ0n) is 15.3. The summed E-state index contributed by atoms with van der Waals surface area (Å²) in [7, 11) is 0.0553. The van der Waals surface area contributed by atoms with Gasteiger partial charge in [-0.1, -0.05) is 0 Å². The molecule has 0 aromatic heterocycles. The van der Waals surface area contributed by atoms with E-state index < -0.39 is 10.0 Å². The highest BCUT2D eigenvalue weighted by molar-refractivity contribution is 14.0. The first kappa shape index (κ1) is 22.8. The van der Waals surface area contributed by atoms with Gasteiger partial charge in [-0.3, -0.25) is 4.99 Å². The van der Waals surface area contributed by atoms with Crippen LogP contribution in [-0.4, -0.2) is 58.8 Å². The number of halogens is 1. The highest BCUT2D eigenvalue weighted by Gasteiger charge is 2.24. The Balaban J connectivity index is 0.00000338. The van der Waals surface area contributed by atoms with Crippen LogP contribution in [0.1, 0.15) is 12.8 Å². The summed E-state index contributed by atoms with van der Waals surface area (Å²) in [6, 6.07) is 5.40. The van der Waals surface area contributed by atoms with Crippen LogP contribution in [0.2, 0.25) is 0 Å². The average Bonchev–Trinajstić information content (AvgIpc) is 2.59. The molecule has 8 nitrogen and oxygen atoms in total. The number of hydrogen-bond donors (Lipinski definition) is 2. The number of piperidine rings is 1. The molecule has 1 aliphatic heterocycles. The fourth-order valence-electron chi connectivity index (χ4n) is 2.75. The highest BCUT2D eigenvalue weighted by atomic mass is 127. The van der Waals surface area contributed by atoms with Crippen molar-refractivity contribution >= 4 is 45.6 Å². The van der Waals surface area contributed by atoms with Crippen LogP contribution in [0.15, 0.2) is 23.2 Å². The summed E-state index contributed by atoms with van der Waals surface area (Å²) in [6.07, 6.45) is 2.83. The molecule has 26 heavy (non-hydrogen) atoms. The molecule has 0 amide bonds. The second kappa shape index (κ2) is 10.2. The minimum Gasteiger partial charge on any atom is -0.493 e. The van der Waals surface area contributed by atoms with E-state index in [0.29, 0.717) is 43.0 Å². The molecule has 0 atom stereocenters. The summed E-state index contributed by atoms with van der Waals surface area (Å²) in [5.74, 6) is 1.90. The Morgan fingerprint density at radius 1 is 1.27 bits per heavy atom. The van der Waals surface area contributed by atoms with Gasteiger partial charge in [0.2, 0.25) is 10.0 Å². The van der Waals surface area contributed by atoms with Gasteiger partial charge in [-0.05, 0) is 30.9 Å². The van der Waals surface area contributed by atoms with Crippen LogP contribution >= 0.6 is 24.0 Å². The van der Waals surface area contributed by atoms with Gasteiger partial charge in [0.15, 0.2) is 17.5 Å².